The van der Waals surface area contributed by atoms with E-state index in [0.29, 0.717) is 12.2 Å². The van der Waals surface area contributed by atoms with Crippen molar-refractivity contribution in [3.63, 3.8) is 0 Å². The topological polar surface area (TPSA) is 49.4 Å². The van der Waals surface area contributed by atoms with Crippen LogP contribution in [0.15, 0.2) is 18.2 Å². The zero-order valence-corrected chi connectivity index (χ0v) is 11.8. The number of nitrogens with zero attached hydrogens (tertiary/aromatic N) is 1. The molecule has 1 aliphatic heterocycles. The van der Waals surface area contributed by atoms with Gasteiger partial charge in [-0.1, -0.05) is 6.07 Å². The Morgan fingerprint density at radius 1 is 1.35 bits per heavy atom. The maximum atomic E-state index is 13.8. The minimum Gasteiger partial charge on any atom is -0.369 e. The SMILES string of the molecule is CC(=O)NC1CCCN(c2cccc(F)c2C(C)=O)C1. The third-order valence-electron chi connectivity index (χ3n) is 3.51. The summed E-state index contributed by atoms with van der Waals surface area (Å²) in [5.41, 5.74) is 0.753. The maximum Gasteiger partial charge on any atom is 0.217 e. The second-order valence-corrected chi connectivity index (χ2v) is 5.18. The first-order valence-electron chi connectivity index (χ1n) is 6.80. The lowest BCUT2D eigenvalue weighted by atomic mass is 10.0. The molecule has 1 aromatic carbocycles. The zero-order valence-electron chi connectivity index (χ0n) is 11.8. The van der Waals surface area contributed by atoms with Crippen molar-refractivity contribution in [2.75, 3.05) is 18.0 Å². The third kappa shape index (κ3) is 3.15. The average Bonchev–Trinajstić information content (AvgIpc) is 2.37. The van der Waals surface area contributed by atoms with Crippen LogP contribution in [0.1, 0.15) is 37.0 Å². The number of halogens is 1. The Balaban J connectivity index is 2.25. The van der Waals surface area contributed by atoms with Gasteiger partial charge in [0, 0.05) is 26.1 Å². The fraction of sp³-hybridized carbons (Fsp3) is 0.467. The Morgan fingerprint density at radius 2 is 2.10 bits per heavy atom. The quantitative estimate of drug-likeness (QED) is 0.862. The predicted octanol–water partition coefficient (Wildman–Crippen LogP) is 2.13. The van der Waals surface area contributed by atoms with Crippen LogP contribution in [0, 0.1) is 5.82 Å². The second-order valence-electron chi connectivity index (χ2n) is 5.18. The minimum atomic E-state index is -0.489. The fourth-order valence-electron chi connectivity index (χ4n) is 2.73. The number of hydrogen-bond donors (Lipinski definition) is 1. The van der Waals surface area contributed by atoms with Crippen LogP contribution < -0.4 is 10.2 Å². The van der Waals surface area contributed by atoms with Gasteiger partial charge in [-0.05, 0) is 31.9 Å². The van der Waals surface area contributed by atoms with E-state index >= 15 is 0 Å². The summed E-state index contributed by atoms with van der Waals surface area (Å²) in [4.78, 5) is 24.8. The predicted molar refractivity (Wildman–Crippen MR) is 75.5 cm³/mol. The molecule has 1 unspecified atom stereocenters. The molecule has 0 bridgehead atoms. The van der Waals surface area contributed by atoms with Crippen LogP contribution in [0.25, 0.3) is 0 Å². The number of benzene rings is 1. The lowest BCUT2D eigenvalue weighted by molar-refractivity contribution is -0.119. The second kappa shape index (κ2) is 6.03. The molecule has 1 N–H and O–H groups in total. The number of rotatable bonds is 3. The molecule has 1 aliphatic rings. The van der Waals surface area contributed by atoms with E-state index in [9.17, 15) is 14.0 Å². The van der Waals surface area contributed by atoms with Gasteiger partial charge >= 0.3 is 0 Å². The number of nitrogens with one attached hydrogen (secondary N) is 1. The molecule has 0 aliphatic carbocycles. The molecule has 2 rings (SSSR count). The largest absolute Gasteiger partial charge is 0.369 e. The molecule has 1 heterocycles. The first-order chi connectivity index (χ1) is 9.49. The Hall–Kier alpha value is -1.91. The first kappa shape index (κ1) is 14.5. The summed E-state index contributed by atoms with van der Waals surface area (Å²) < 4.78 is 13.8. The number of carbonyl (C=O) groups is 2. The number of amides is 1. The first-order valence-corrected chi connectivity index (χ1v) is 6.80. The Kier molecular flexibility index (Phi) is 4.37. The highest BCUT2D eigenvalue weighted by molar-refractivity contribution is 6.00. The smallest absolute Gasteiger partial charge is 0.217 e. The van der Waals surface area contributed by atoms with E-state index < -0.39 is 5.82 Å². The molecule has 1 fully saturated rings. The minimum absolute atomic E-state index is 0.0457. The van der Waals surface area contributed by atoms with Crippen LogP contribution in [0.4, 0.5) is 10.1 Å². The summed E-state index contributed by atoms with van der Waals surface area (Å²) in [6, 6.07) is 4.72. The molecule has 4 nitrogen and oxygen atoms in total. The van der Waals surface area contributed by atoms with Gasteiger partial charge in [0.1, 0.15) is 5.82 Å². The van der Waals surface area contributed by atoms with Crippen LogP contribution in [-0.4, -0.2) is 30.8 Å². The van der Waals surface area contributed by atoms with Crippen LogP contribution in [-0.2, 0) is 4.79 Å². The zero-order chi connectivity index (χ0) is 14.7. The van der Waals surface area contributed by atoms with E-state index in [1.807, 2.05) is 4.90 Å². The van der Waals surface area contributed by atoms with Crippen molar-refractivity contribution in [3.05, 3.63) is 29.6 Å². The van der Waals surface area contributed by atoms with Gasteiger partial charge in [0.2, 0.25) is 5.91 Å². The van der Waals surface area contributed by atoms with Crippen LogP contribution in [0.2, 0.25) is 0 Å². The van der Waals surface area contributed by atoms with Crippen molar-refractivity contribution in [1.29, 1.82) is 0 Å². The summed E-state index contributed by atoms with van der Waals surface area (Å²) in [5.74, 6) is -0.834. The van der Waals surface area contributed by atoms with Crippen molar-refractivity contribution in [2.45, 2.75) is 32.7 Å². The normalized spacial score (nSPS) is 18.8. The summed E-state index contributed by atoms with van der Waals surface area (Å²) in [6.45, 7) is 4.22. The van der Waals surface area contributed by atoms with Crippen molar-refractivity contribution in [1.82, 2.24) is 5.32 Å². The van der Waals surface area contributed by atoms with Crippen molar-refractivity contribution in [3.8, 4) is 0 Å². The number of carbonyl (C=O) groups excluding carboxylic acids is 2. The molecule has 108 valence electrons. The Morgan fingerprint density at radius 3 is 2.75 bits per heavy atom. The van der Waals surface area contributed by atoms with Crippen molar-refractivity contribution < 1.29 is 14.0 Å². The summed E-state index contributed by atoms with van der Waals surface area (Å²) in [5, 5.41) is 2.89. The van der Waals surface area contributed by atoms with Gasteiger partial charge in [-0.3, -0.25) is 9.59 Å². The summed E-state index contributed by atoms with van der Waals surface area (Å²) >= 11 is 0. The van der Waals surface area contributed by atoms with Gasteiger partial charge in [-0.25, -0.2) is 4.39 Å². The highest BCUT2D eigenvalue weighted by Gasteiger charge is 2.24. The number of ketones is 1. The van der Waals surface area contributed by atoms with E-state index in [1.165, 1.54) is 19.9 Å². The van der Waals surface area contributed by atoms with Crippen molar-refractivity contribution in [2.24, 2.45) is 0 Å². The molecule has 0 radical (unpaired) electrons. The molecular weight excluding hydrogens is 259 g/mol. The van der Waals surface area contributed by atoms with Gasteiger partial charge in [0.05, 0.1) is 11.3 Å². The van der Waals surface area contributed by atoms with Gasteiger partial charge in [-0.2, -0.15) is 0 Å². The summed E-state index contributed by atoms with van der Waals surface area (Å²) in [6.07, 6.45) is 1.81. The molecule has 0 saturated carbocycles. The molecule has 1 saturated heterocycles. The van der Waals surface area contributed by atoms with Gasteiger partial charge < -0.3 is 10.2 Å². The molecule has 5 heteroatoms. The molecule has 1 atom stereocenters. The molecule has 1 amide bonds. The molecular formula is C15H19FN2O2. The molecule has 0 spiro atoms. The Bertz CT molecular complexity index is 531. The third-order valence-corrected chi connectivity index (χ3v) is 3.51. The van der Waals surface area contributed by atoms with Crippen LogP contribution in [0.5, 0.6) is 0 Å². The highest BCUT2D eigenvalue weighted by atomic mass is 19.1. The monoisotopic (exact) mass is 278 g/mol. The number of anilines is 1. The van der Waals surface area contributed by atoms with Gasteiger partial charge in [0.25, 0.3) is 0 Å². The van der Waals surface area contributed by atoms with E-state index in [2.05, 4.69) is 5.32 Å². The number of hydrogen-bond acceptors (Lipinski definition) is 3. The summed E-state index contributed by atoms with van der Waals surface area (Å²) in [7, 11) is 0. The molecule has 1 aromatic rings. The van der Waals surface area contributed by atoms with E-state index in [0.717, 1.165) is 19.4 Å². The van der Waals surface area contributed by atoms with Crippen molar-refractivity contribution >= 4 is 17.4 Å². The standard InChI is InChI=1S/C15H19FN2O2/c1-10(19)15-13(16)6-3-7-14(15)18-8-4-5-12(9-18)17-11(2)20/h3,6-7,12H,4-5,8-9H2,1-2H3,(H,17,20). The molecule has 0 aromatic heterocycles. The Labute approximate surface area is 118 Å². The number of Topliss-reactive ketones (excluding diaryl/α,β-unsaturated/α-hetero) is 1. The lowest BCUT2D eigenvalue weighted by Gasteiger charge is -2.35. The van der Waals surface area contributed by atoms with E-state index in [4.69, 9.17) is 0 Å². The fourth-order valence-corrected chi connectivity index (χ4v) is 2.73. The average molecular weight is 278 g/mol. The maximum absolute atomic E-state index is 13.8. The van der Waals surface area contributed by atoms with E-state index in [-0.39, 0.29) is 23.3 Å². The van der Waals surface area contributed by atoms with Crippen LogP contribution >= 0.6 is 0 Å². The molecule has 20 heavy (non-hydrogen) atoms. The van der Waals surface area contributed by atoms with Gasteiger partial charge in [0.15, 0.2) is 5.78 Å². The lowest BCUT2D eigenvalue weighted by Crippen LogP contribution is -2.47. The van der Waals surface area contributed by atoms with Gasteiger partial charge in [-0.15, -0.1) is 0 Å². The number of piperidine rings is 1. The van der Waals surface area contributed by atoms with E-state index in [1.54, 1.807) is 12.1 Å². The highest BCUT2D eigenvalue weighted by Crippen LogP contribution is 2.26. The van der Waals surface area contributed by atoms with Crippen LogP contribution in [0.3, 0.4) is 0 Å².